The number of nitrogens with zero attached hydrogens (tertiary/aromatic N) is 2. The lowest BCUT2D eigenvalue weighted by Crippen LogP contribution is -2.12. The molecular weight excluding hydrogens is 273 g/mol. The van der Waals surface area contributed by atoms with Crippen LogP contribution in [-0.4, -0.2) is 27.4 Å². The molecule has 0 unspecified atom stereocenters. The van der Waals surface area contributed by atoms with Gasteiger partial charge in [-0.3, -0.25) is 9.48 Å². The van der Waals surface area contributed by atoms with Crippen molar-refractivity contribution in [1.82, 2.24) is 9.78 Å². The fourth-order valence-corrected chi connectivity index (χ4v) is 1.85. The standard InChI is InChI=1S/C15H14FN3O2/c1-10-13(9-19(2)18-10)15(21)17-12-5-6-14(16)11(8-12)4-3-7-20/h5-6,8-9,20H,7H2,1-2H3,(H,17,21). The van der Waals surface area contributed by atoms with Crippen molar-refractivity contribution in [1.29, 1.82) is 0 Å². The highest BCUT2D eigenvalue weighted by molar-refractivity contribution is 6.04. The minimum atomic E-state index is -0.508. The van der Waals surface area contributed by atoms with Crippen LogP contribution in [0.1, 0.15) is 21.6 Å². The first-order chi connectivity index (χ1) is 10.0. The number of anilines is 1. The number of hydrogen-bond donors (Lipinski definition) is 2. The van der Waals surface area contributed by atoms with Gasteiger partial charge in [0.25, 0.3) is 5.91 Å². The number of aryl methyl sites for hydroxylation is 2. The molecule has 2 rings (SSSR count). The van der Waals surface area contributed by atoms with Crippen LogP contribution in [-0.2, 0) is 7.05 Å². The summed E-state index contributed by atoms with van der Waals surface area (Å²) in [6, 6.07) is 4.08. The van der Waals surface area contributed by atoms with E-state index < -0.39 is 5.82 Å². The van der Waals surface area contributed by atoms with Gasteiger partial charge in [0.05, 0.1) is 16.8 Å². The Labute approximate surface area is 121 Å². The first-order valence-electron chi connectivity index (χ1n) is 6.22. The Morgan fingerprint density at radius 1 is 1.52 bits per heavy atom. The molecule has 6 heteroatoms. The molecule has 0 saturated carbocycles. The zero-order valence-electron chi connectivity index (χ0n) is 11.6. The molecule has 1 aromatic carbocycles. The molecule has 5 nitrogen and oxygen atoms in total. The largest absolute Gasteiger partial charge is 0.384 e. The Balaban J connectivity index is 2.23. The maximum atomic E-state index is 13.5. The highest BCUT2D eigenvalue weighted by Gasteiger charge is 2.13. The van der Waals surface area contributed by atoms with Crippen LogP contribution >= 0.6 is 0 Å². The zero-order chi connectivity index (χ0) is 15.4. The van der Waals surface area contributed by atoms with Crippen LogP contribution in [0.2, 0.25) is 0 Å². The summed E-state index contributed by atoms with van der Waals surface area (Å²) in [4.78, 5) is 12.1. The van der Waals surface area contributed by atoms with Gasteiger partial charge in [0.15, 0.2) is 0 Å². The first-order valence-corrected chi connectivity index (χ1v) is 6.22. The number of amides is 1. The van der Waals surface area contributed by atoms with Crippen molar-refractivity contribution >= 4 is 11.6 Å². The fourth-order valence-electron chi connectivity index (χ4n) is 1.85. The summed E-state index contributed by atoms with van der Waals surface area (Å²) in [5, 5.41) is 15.4. The van der Waals surface area contributed by atoms with Gasteiger partial charge in [-0.15, -0.1) is 0 Å². The molecule has 0 radical (unpaired) electrons. The lowest BCUT2D eigenvalue weighted by atomic mass is 10.1. The average molecular weight is 287 g/mol. The molecule has 0 atom stereocenters. The van der Waals surface area contributed by atoms with Crippen LogP contribution in [0.4, 0.5) is 10.1 Å². The average Bonchev–Trinajstić information content (AvgIpc) is 2.78. The van der Waals surface area contributed by atoms with E-state index >= 15 is 0 Å². The molecule has 0 fully saturated rings. The van der Waals surface area contributed by atoms with Crippen LogP contribution in [0.15, 0.2) is 24.4 Å². The van der Waals surface area contributed by atoms with Crippen molar-refractivity contribution in [3.63, 3.8) is 0 Å². The van der Waals surface area contributed by atoms with Gasteiger partial charge < -0.3 is 10.4 Å². The van der Waals surface area contributed by atoms with E-state index in [-0.39, 0.29) is 18.1 Å². The van der Waals surface area contributed by atoms with E-state index in [4.69, 9.17) is 5.11 Å². The van der Waals surface area contributed by atoms with Gasteiger partial charge >= 0.3 is 0 Å². The zero-order valence-corrected chi connectivity index (χ0v) is 11.6. The summed E-state index contributed by atoms with van der Waals surface area (Å²) in [7, 11) is 1.73. The Morgan fingerprint density at radius 2 is 2.29 bits per heavy atom. The van der Waals surface area contributed by atoms with Crippen molar-refractivity contribution in [2.45, 2.75) is 6.92 Å². The Bertz CT molecular complexity index is 741. The second-order valence-corrected chi connectivity index (χ2v) is 4.41. The molecule has 108 valence electrons. The van der Waals surface area contributed by atoms with Crippen LogP contribution in [0, 0.1) is 24.6 Å². The minimum absolute atomic E-state index is 0.116. The lowest BCUT2D eigenvalue weighted by Gasteiger charge is -2.05. The number of halogens is 1. The van der Waals surface area contributed by atoms with Gasteiger partial charge in [0, 0.05) is 18.9 Å². The second kappa shape index (κ2) is 6.20. The number of hydrogen-bond acceptors (Lipinski definition) is 3. The monoisotopic (exact) mass is 287 g/mol. The summed E-state index contributed by atoms with van der Waals surface area (Å²) < 4.78 is 15.1. The number of carbonyl (C=O) groups excluding carboxylic acids is 1. The fraction of sp³-hybridized carbons (Fsp3) is 0.200. The molecule has 0 aliphatic rings. The number of benzene rings is 1. The number of aromatic nitrogens is 2. The topological polar surface area (TPSA) is 67.2 Å². The van der Waals surface area contributed by atoms with Gasteiger partial charge in [-0.1, -0.05) is 11.8 Å². The Hall–Kier alpha value is -2.65. The predicted octanol–water partition coefficient (Wildman–Crippen LogP) is 1.46. The molecule has 0 aliphatic heterocycles. The van der Waals surface area contributed by atoms with Crippen molar-refractivity contribution in [2.75, 3.05) is 11.9 Å². The predicted molar refractivity (Wildman–Crippen MR) is 76.3 cm³/mol. The first kappa shape index (κ1) is 14.8. The molecule has 21 heavy (non-hydrogen) atoms. The van der Waals surface area contributed by atoms with Crippen LogP contribution in [0.5, 0.6) is 0 Å². The summed E-state index contributed by atoms with van der Waals surface area (Å²) in [6.45, 7) is 1.38. The molecule has 1 heterocycles. The molecule has 0 spiro atoms. The SMILES string of the molecule is Cc1nn(C)cc1C(=O)Nc1ccc(F)c(C#CCO)c1. The number of carbonyl (C=O) groups is 1. The maximum absolute atomic E-state index is 13.5. The molecule has 1 aromatic heterocycles. The van der Waals surface area contributed by atoms with Crippen LogP contribution < -0.4 is 5.32 Å². The van der Waals surface area contributed by atoms with E-state index in [9.17, 15) is 9.18 Å². The minimum Gasteiger partial charge on any atom is -0.384 e. The molecule has 0 bridgehead atoms. The molecule has 2 N–H and O–H groups in total. The van der Waals surface area contributed by atoms with E-state index in [1.54, 1.807) is 24.9 Å². The van der Waals surface area contributed by atoms with E-state index in [0.29, 0.717) is 16.9 Å². The number of aliphatic hydroxyl groups excluding tert-OH is 1. The quantitative estimate of drug-likeness (QED) is 0.822. The van der Waals surface area contributed by atoms with Gasteiger partial charge in [0.2, 0.25) is 0 Å². The van der Waals surface area contributed by atoms with Crippen molar-refractivity contribution in [3.05, 3.63) is 47.0 Å². The van der Waals surface area contributed by atoms with Crippen molar-refractivity contribution in [2.24, 2.45) is 7.05 Å². The molecule has 0 saturated heterocycles. The lowest BCUT2D eigenvalue weighted by molar-refractivity contribution is 0.102. The summed E-state index contributed by atoms with van der Waals surface area (Å²) in [5.74, 6) is 4.02. The van der Waals surface area contributed by atoms with Crippen LogP contribution in [0.3, 0.4) is 0 Å². The van der Waals surface area contributed by atoms with Crippen molar-refractivity contribution < 1.29 is 14.3 Å². The third kappa shape index (κ3) is 3.46. The van der Waals surface area contributed by atoms with E-state index in [1.165, 1.54) is 18.2 Å². The molecule has 0 aliphatic carbocycles. The highest BCUT2D eigenvalue weighted by Crippen LogP contribution is 2.16. The summed E-state index contributed by atoms with van der Waals surface area (Å²) in [6.07, 6.45) is 1.61. The van der Waals surface area contributed by atoms with Gasteiger partial charge in [-0.2, -0.15) is 5.10 Å². The van der Waals surface area contributed by atoms with Crippen LogP contribution in [0.25, 0.3) is 0 Å². The molecule has 1 amide bonds. The number of nitrogens with one attached hydrogen (secondary N) is 1. The van der Waals surface area contributed by atoms with E-state index in [1.807, 2.05) is 0 Å². The van der Waals surface area contributed by atoms with Gasteiger partial charge in [0.1, 0.15) is 12.4 Å². The Kier molecular flexibility index (Phi) is 4.36. The third-order valence-corrected chi connectivity index (χ3v) is 2.78. The Morgan fingerprint density at radius 3 is 2.90 bits per heavy atom. The highest BCUT2D eigenvalue weighted by atomic mass is 19.1. The second-order valence-electron chi connectivity index (χ2n) is 4.41. The summed E-state index contributed by atoms with van der Waals surface area (Å²) in [5.41, 5.74) is 1.60. The van der Waals surface area contributed by atoms with Gasteiger partial charge in [-0.05, 0) is 25.1 Å². The maximum Gasteiger partial charge on any atom is 0.259 e. The van der Waals surface area contributed by atoms with Gasteiger partial charge in [-0.25, -0.2) is 4.39 Å². The smallest absolute Gasteiger partial charge is 0.259 e. The summed E-state index contributed by atoms with van der Waals surface area (Å²) >= 11 is 0. The number of rotatable bonds is 2. The third-order valence-electron chi connectivity index (χ3n) is 2.78. The molecular formula is C15H14FN3O2. The van der Waals surface area contributed by atoms with E-state index in [0.717, 1.165) is 0 Å². The van der Waals surface area contributed by atoms with E-state index in [2.05, 4.69) is 22.3 Å². The van der Waals surface area contributed by atoms with Crippen molar-refractivity contribution in [3.8, 4) is 11.8 Å². The number of aliphatic hydroxyl groups is 1. The molecule has 2 aromatic rings. The normalized spacial score (nSPS) is 9.90.